The zero-order valence-electron chi connectivity index (χ0n) is 20.9. The van der Waals surface area contributed by atoms with Gasteiger partial charge in [0.05, 0.1) is 45.7 Å². The Bertz CT molecular complexity index is 1170. The summed E-state index contributed by atoms with van der Waals surface area (Å²) in [6, 6.07) is 9.20. The van der Waals surface area contributed by atoms with E-state index in [2.05, 4.69) is 0 Å². The highest BCUT2D eigenvalue weighted by Crippen LogP contribution is 2.43. The Hall–Kier alpha value is -3.72. The zero-order chi connectivity index (χ0) is 25.8. The Kier molecular flexibility index (Phi) is 7.69. The number of aliphatic hydroxyl groups excluding tert-OH is 1. The first-order chi connectivity index (χ1) is 17.4. The third-order valence-corrected chi connectivity index (χ3v) is 6.42. The highest BCUT2D eigenvalue weighted by atomic mass is 16.5. The Morgan fingerprint density at radius 3 is 2.33 bits per heavy atom. The second kappa shape index (κ2) is 10.9. The monoisotopic (exact) mass is 497 g/mol. The molecule has 1 amide bonds. The zero-order valence-corrected chi connectivity index (χ0v) is 20.9. The molecule has 0 aliphatic carbocycles. The molecule has 2 aromatic carbocycles. The summed E-state index contributed by atoms with van der Waals surface area (Å²) in [4.78, 5) is 28.0. The van der Waals surface area contributed by atoms with E-state index in [-0.39, 0.29) is 24.0 Å². The molecular formula is C27H31NO8. The molecule has 0 saturated carbocycles. The molecule has 2 fully saturated rings. The fraction of sp³-hybridized carbons (Fsp3) is 0.407. The lowest BCUT2D eigenvalue weighted by Gasteiger charge is -2.28. The summed E-state index contributed by atoms with van der Waals surface area (Å²) in [6.45, 7) is 3.16. The maximum atomic E-state index is 13.3. The number of amides is 1. The molecule has 9 nitrogen and oxygen atoms in total. The second-order valence-corrected chi connectivity index (χ2v) is 8.50. The average molecular weight is 498 g/mol. The molecule has 2 unspecified atom stereocenters. The van der Waals surface area contributed by atoms with Crippen molar-refractivity contribution in [2.75, 3.05) is 41.1 Å². The van der Waals surface area contributed by atoms with Crippen molar-refractivity contribution in [2.24, 2.45) is 0 Å². The lowest BCUT2D eigenvalue weighted by atomic mass is 9.94. The number of rotatable bonds is 9. The van der Waals surface area contributed by atoms with Crippen LogP contribution in [0.4, 0.5) is 0 Å². The summed E-state index contributed by atoms with van der Waals surface area (Å²) in [5.41, 5.74) is 0.914. The standard InChI is InChI=1S/C27H31NO8/c1-5-35-20-11-8-16(13-22(20)34-4)24-23(25(29)17-9-10-19(32-2)21(14-17)33-3)26(30)27(31)28(24)15-18-7-6-12-36-18/h8-11,13-14,18,24,29H,5-7,12,15H2,1-4H3/b25-23-. The van der Waals surface area contributed by atoms with Gasteiger partial charge in [0.2, 0.25) is 0 Å². The van der Waals surface area contributed by atoms with Crippen molar-refractivity contribution in [3.05, 3.63) is 53.1 Å². The van der Waals surface area contributed by atoms with Crippen molar-refractivity contribution < 1.29 is 38.4 Å². The summed E-state index contributed by atoms with van der Waals surface area (Å²) in [7, 11) is 4.51. The number of methoxy groups -OCH3 is 3. The molecule has 2 saturated heterocycles. The lowest BCUT2D eigenvalue weighted by Crippen LogP contribution is -2.36. The van der Waals surface area contributed by atoms with Crippen LogP contribution in [0.3, 0.4) is 0 Å². The highest BCUT2D eigenvalue weighted by Gasteiger charge is 2.47. The minimum atomic E-state index is -0.841. The number of likely N-dealkylation sites (tertiary alicyclic amines) is 1. The first-order valence-corrected chi connectivity index (χ1v) is 11.9. The number of Topliss-reactive ketones (excluding diaryl/α,β-unsaturated/α-hetero) is 1. The number of hydrogen-bond acceptors (Lipinski definition) is 8. The number of ketones is 1. The average Bonchev–Trinajstić information content (AvgIpc) is 3.50. The Labute approximate surface area is 210 Å². The van der Waals surface area contributed by atoms with Gasteiger partial charge in [-0.2, -0.15) is 0 Å². The molecule has 2 atom stereocenters. The van der Waals surface area contributed by atoms with E-state index in [1.54, 1.807) is 36.4 Å². The molecule has 2 heterocycles. The first kappa shape index (κ1) is 25.4. The van der Waals surface area contributed by atoms with Gasteiger partial charge in [0.1, 0.15) is 5.76 Å². The topological polar surface area (TPSA) is 104 Å². The van der Waals surface area contributed by atoms with Gasteiger partial charge in [0, 0.05) is 18.7 Å². The summed E-state index contributed by atoms with van der Waals surface area (Å²) in [5, 5.41) is 11.4. The van der Waals surface area contributed by atoms with Crippen molar-refractivity contribution in [3.63, 3.8) is 0 Å². The van der Waals surface area contributed by atoms with Crippen molar-refractivity contribution in [2.45, 2.75) is 31.9 Å². The number of hydrogen-bond donors (Lipinski definition) is 1. The van der Waals surface area contributed by atoms with Crippen LogP contribution in [0, 0.1) is 0 Å². The van der Waals surface area contributed by atoms with Gasteiger partial charge in [-0.25, -0.2) is 0 Å². The molecule has 0 radical (unpaired) electrons. The van der Waals surface area contributed by atoms with E-state index >= 15 is 0 Å². The number of ether oxygens (including phenoxy) is 5. The quantitative estimate of drug-likeness (QED) is 0.318. The van der Waals surface area contributed by atoms with Gasteiger partial charge >= 0.3 is 0 Å². The van der Waals surface area contributed by atoms with Gasteiger partial charge in [-0.05, 0) is 55.7 Å². The normalized spacial score (nSPS) is 21.1. The number of carbonyl (C=O) groups excluding carboxylic acids is 2. The van der Waals surface area contributed by atoms with Crippen LogP contribution in [0.2, 0.25) is 0 Å². The van der Waals surface area contributed by atoms with Crippen LogP contribution in [0.5, 0.6) is 23.0 Å². The minimum absolute atomic E-state index is 0.0172. The van der Waals surface area contributed by atoms with Crippen LogP contribution >= 0.6 is 0 Å². The van der Waals surface area contributed by atoms with E-state index in [9.17, 15) is 14.7 Å². The van der Waals surface area contributed by atoms with Crippen molar-refractivity contribution in [1.82, 2.24) is 4.90 Å². The molecule has 2 aliphatic heterocycles. The van der Waals surface area contributed by atoms with Crippen LogP contribution < -0.4 is 18.9 Å². The third kappa shape index (κ3) is 4.70. The van der Waals surface area contributed by atoms with E-state index in [4.69, 9.17) is 23.7 Å². The number of aliphatic hydroxyl groups is 1. The number of benzene rings is 2. The molecule has 0 aromatic heterocycles. The lowest BCUT2D eigenvalue weighted by molar-refractivity contribution is -0.140. The Morgan fingerprint density at radius 2 is 1.69 bits per heavy atom. The summed E-state index contributed by atoms with van der Waals surface area (Å²) >= 11 is 0. The maximum Gasteiger partial charge on any atom is 0.295 e. The van der Waals surface area contributed by atoms with Crippen LogP contribution in [-0.2, 0) is 14.3 Å². The summed E-state index contributed by atoms with van der Waals surface area (Å²) in [5.74, 6) is 0.100. The Morgan fingerprint density at radius 1 is 1.00 bits per heavy atom. The van der Waals surface area contributed by atoms with Crippen molar-refractivity contribution in [1.29, 1.82) is 0 Å². The van der Waals surface area contributed by atoms with Gasteiger partial charge in [0.25, 0.3) is 11.7 Å². The van der Waals surface area contributed by atoms with Crippen LogP contribution in [0.1, 0.15) is 36.9 Å². The largest absolute Gasteiger partial charge is 0.507 e. The van der Waals surface area contributed by atoms with Gasteiger partial charge < -0.3 is 33.7 Å². The predicted octanol–water partition coefficient (Wildman–Crippen LogP) is 3.71. The molecule has 36 heavy (non-hydrogen) atoms. The second-order valence-electron chi connectivity index (χ2n) is 8.50. The van der Waals surface area contributed by atoms with Crippen LogP contribution in [0.15, 0.2) is 42.0 Å². The smallest absolute Gasteiger partial charge is 0.295 e. The van der Waals surface area contributed by atoms with Crippen LogP contribution in [-0.4, -0.2) is 68.9 Å². The fourth-order valence-corrected chi connectivity index (χ4v) is 4.69. The third-order valence-electron chi connectivity index (χ3n) is 6.42. The number of carbonyl (C=O) groups is 2. The highest BCUT2D eigenvalue weighted by molar-refractivity contribution is 6.46. The van der Waals surface area contributed by atoms with Crippen LogP contribution in [0.25, 0.3) is 5.76 Å². The molecule has 4 rings (SSSR count). The Balaban J connectivity index is 1.86. The molecule has 1 N–H and O–H groups in total. The predicted molar refractivity (Wildman–Crippen MR) is 132 cm³/mol. The summed E-state index contributed by atoms with van der Waals surface area (Å²) < 4.78 is 27.5. The molecule has 0 spiro atoms. The molecule has 0 bridgehead atoms. The van der Waals surface area contributed by atoms with E-state index in [1.807, 2.05) is 6.92 Å². The first-order valence-electron chi connectivity index (χ1n) is 11.9. The maximum absolute atomic E-state index is 13.3. The van der Waals surface area contributed by atoms with Gasteiger partial charge in [-0.3, -0.25) is 9.59 Å². The van der Waals surface area contributed by atoms with Crippen molar-refractivity contribution in [3.8, 4) is 23.0 Å². The number of nitrogens with zero attached hydrogens (tertiary/aromatic N) is 1. The SMILES string of the molecule is CCOc1ccc(C2/C(=C(/O)c3ccc(OC)c(OC)c3)C(=O)C(=O)N2CC2CCCO2)cc1OC. The molecular weight excluding hydrogens is 466 g/mol. The van der Waals surface area contributed by atoms with E-state index in [0.717, 1.165) is 12.8 Å². The fourth-order valence-electron chi connectivity index (χ4n) is 4.69. The molecule has 192 valence electrons. The van der Waals surface area contributed by atoms with E-state index < -0.39 is 17.7 Å². The molecule has 2 aliphatic rings. The van der Waals surface area contributed by atoms with E-state index in [0.29, 0.717) is 47.3 Å². The van der Waals surface area contributed by atoms with Crippen molar-refractivity contribution >= 4 is 17.4 Å². The van der Waals surface area contributed by atoms with Gasteiger partial charge in [-0.15, -0.1) is 0 Å². The van der Waals surface area contributed by atoms with Gasteiger partial charge in [0.15, 0.2) is 23.0 Å². The molecule has 9 heteroatoms. The van der Waals surface area contributed by atoms with E-state index in [1.165, 1.54) is 26.2 Å². The van der Waals surface area contributed by atoms with Gasteiger partial charge in [-0.1, -0.05) is 6.07 Å². The summed E-state index contributed by atoms with van der Waals surface area (Å²) in [6.07, 6.45) is 1.50. The minimum Gasteiger partial charge on any atom is -0.507 e. The molecule has 2 aromatic rings.